The van der Waals surface area contributed by atoms with E-state index >= 15 is 0 Å². The number of rotatable bonds is 2. The Hall–Kier alpha value is -1.79. The first kappa shape index (κ1) is 15.1. The van der Waals surface area contributed by atoms with Crippen molar-refractivity contribution in [2.75, 3.05) is 0 Å². The lowest BCUT2D eigenvalue weighted by Gasteiger charge is -2.09. The van der Waals surface area contributed by atoms with Crippen molar-refractivity contribution < 1.29 is 4.79 Å². The van der Waals surface area contributed by atoms with Crippen LogP contribution in [-0.2, 0) is 4.79 Å². The molecule has 2 heterocycles. The molecule has 6 heteroatoms. The molecular weight excluding hydrogens is 362 g/mol. The summed E-state index contributed by atoms with van der Waals surface area (Å²) in [5.74, 6) is -0.205. The molecule has 4 nitrogen and oxygen atoms in total. The summed E-state index contributed by atoms with van der Waals surface area (Å²) in [6, 6.07) is 10.2. The van der Waals surface area contributed by atoms with Crippen LogP contribution in [0.25, 0.3) is 11.8 Å². The van der Waals surface area contributed by atoms with Gasteiger partial charge in [-0.15, -0.1) is 0 Å². The first-order valence-electron chi connectivity index (χ1n) is 6.70. The Balaban J connectivity index is 2.04. The standard InChI is InChI=1S/C16H14BrN3OS/c1-9-7-11(8-14-15(21)19-16(18)22-14)10(2)20(9)13-5-3-12(17)4-6-13/h3-8H,1-2H3,(H2,18,19,21)/b14-8+. The number of amides is 1. The van der Waals surface area contributed by atoms with Gasteiger partial charge in [0, 0.05) is 21.5 Å². The van der Waals surface area contributed by atoms with Crippen LogP contribution in [-0.4, -0.2) is 15.6 Å². The van der Waals surface area contributed by atoms with E-state index in [9.17, 15) is 4.79 Å². The van der Waals surface area contributed by atoms with E-state index in [0.29, 0.717) is 4.91 Å². The van der Waals surface area contributed by atoms with E-state index in [0.717, 1.165) is 38.9 Å². The molecule has 0 atom stereocenters. The van der Waals surface area contributed by atoms with Crippen molar-refractivity contribution in [2.24, 2.45) is 0 Å². The van der Waals surface area contributed by atoms with Crippen molar-refractivity contribution in [1.82, 2.24) is 9.88 Å². The Morgan fingerprint density at radius 1 is 1.27 bits per heavy atom. The minimum Gasteiger partial charge on any atom is -0.318 e. The van der Waals surface area contributed by atoms with Gasteiger partial charge in [-0.3, -0.25) is 10.2 Å². The van der Waals surface area contributed by atoms with Gasteiger partial charge in [0.2, 0.25) is 0 Å². The average molecular weight is 376 g/mol. The van der Waals surface area contributed by atoms with Crippen LogP contribution in [0.5, 0.6) is 0 Å². The highest BCUT2D eigenvalue weighted by Gasteiger charge is 2.23. The van der Waals surface area contributed by atoms with Crippen LogP contribution >= 0.6 is 27.7 Å². The summed E-state index contributed by atoms with van der Waals surface area (Å²) in [5, 5.41) is 10.2. The molecule has 112 valence electrons. The molecule has 0 saturated carbocycles. The molecule has 22 heavy (non-hydrogen) atoms. The highest BCUT2D eigenvalue weighted by molar-refractivity contribution is 9.10. The molecule has 1 amide bonds. The maximum absolute atomic E-state index is 11.7. The van der Waals surface area contributed by atoms with Crippen LogP contribution in [0.15, 0.2) is 39.7 Å². The van der Waals surface area contributed by atoms with Gasteiger partial charge in [-0.2, -0.15) is 0 Å². The quantitative estimate of drug-likeness (QED) is 0.779. The zero-order valence-electron chi connectivity index (χ0n) is 12.1. The molecule has 1 aromatic carbocycles. The Morgan fingerprint density at radius 3 is 2.55 bits per heavy atom. The Bertz CT molecular complexity index is 806. The van der Waals surface area contributed by atoms with Gasteiger partial charge in [-0.1, -0.05) is 15.9 Å². The van der Waals surface area contributed by atoms with Crippen LogP contribution in [0.3, 0.4) is 0 Å². The van der Waals surface area contributed by atoms with Crippen LogP contribution in [0.2, 0.25) is 0 Å². The maximum atomic E-state index is 11.7. The molecule has 0 spiro atoms. The van der Waals surface area contributed by atoms with Crippen molar-refractivity contribution in [2.45, 2.75) is 13.8 Å². The third-order valence-electron chi connectivity index (χ3n) is 3.50. The lowest BCUT2D eigenvalue weighted by Crippen LogP contribution is -2.18. The number of benzene rings is 1. The molecule has 0 unspecified atom stereocenters. The second kappa shape index (κ2) is 5.78. The zero-order valence-corrected chi connectivity index (χ0v) is 14.5. The number of amidine groups is 1. The smallest absolute Gasteiger partial charge is 0.264 e. The van der Waals surface area contributed by atoms with Crippen LogP contribution in [0, 0.1) is 19.3 Å². The summed E-state index contributed by atoms with van der Waals surface area (Å²) in [5.41, 5.74) is 4.25. The minimum absolute atomic E-state index is 0.179. The molecule has 1 fully saturated rings. The molecule has 0 aliphatic carbocycles. The van der Waals surface area contributed by atoms with E-state index in [1.807, 2.05) is 44.2 Å². The molecule has 1 aliphatic heterocycles. The van der Waals surface area contributed by atoms with E-state index in [4.69, 9.17) is 5.41 Å². The van der Waals surface area contributed by atoms with Gasteiger partial charge in [0.25, 0.3) is 5.91 Å². The molecule has 2 N–H and O–H groups in total. The molecule has 0 radical (unpaired) electrons. The number of halogens is 1. The molecule has 3 rings (SSSR count). The van der Waals surface area contributed by atoms with E-state index < -0.39 is 0 Å². The highest BCUT2D eigenvalue weighted by atomic mass is 79.9. The second-order valence-electron chi connectivity index (χ2n) is 5.03. The van der Waals surface area contributed by atoms with E-state index in [1.165, 1.54) is 0 Å². The number of nitrogens with one attached hydrogen (secondary N) is 2. The largest absolute Gasteiger partial charge is 0.318 e. The van der Waals surface area contributed by atoms with E-state index in [2.05, 4.69) is 31.9 Å². The fourth-order valence-electron chi connectivity index (χ4n) is 2.50. The number of carbonyl (C=O) groups is 1. The van der Waals surface area contributed by atoms with Crippen molar-refractivity contribution in [3.05, 3.63) is 56.7 Å². The lowest BCUT2D eigenvalue weighted by atomic mass is 10.2. The van der Waals surface area contributed by atoms with Gasteiger partial charge in [0.05, 0.1) is 4.91 Å². The summed E-state index contributed by atoms with van der Waals surface area (Å²) in [6.07, 6.45) is 1.85. The Kier molecular flexibility index (Phi) is 3.97. The van der Waals surface area contributed by atoms with Gasteiger partial charge >= 0.3 is 0 Å². The fourth-order valence-corrected chi connectivity index (χ4v) is 3.46. The molecule has 1 aromatic heterocycles. The number of hydrogen-bond donors (Lipinski definition) is 2. The summed E-state index contributed by atoms with van der Waals surface area (Å²) in [7, 11) is 0. The first-order valence-corrected chi connectivity index (χ1v) is 8.31. The van der Waals surface area contributed by atoms with Gasteiger partial charge in [-0.25, -0.2) is 0 Å². The third kappa shape index (κ3) is 2.76. The lowest BCUT2D eigenvalue weighted by molar-refractivity contribution is -0.115. The van der Waals surface area contributed by atoms with Gasteiger partial charge < -0.3 is 9.88 Å². The maximum Gasteiger partial charge on any atom is 0.264 e. The van der Waals surface area contributed by atoms with Crippen molar-refractivity contribution in [3.63, 3.8) is 0 Å². The molecule has 0 bridgehead atoms. The highest BCUT2D eigenvalue weighted by Crippen LogP contribution is 2.29. The number of hydrogen-bond acceptors (Lipinski definition) is 3. The van der Waals surface area contributed by atoms with Gasteiger partial charge in [-0.05, 0) is 67.6 Å². The normalized spacial score (nSPS) is 16.4. The number of aromatic nitrogens is 1. The number of aryl methyl sites for hydroxylation is 1. The monoisotopic (exact) mass is 375 g/mol. The van der Waals surface area contributed by atoms with Crippen LogP contribution < -0.4 is 5.32 Å². The summed E-state index contributed by atoms with van der Waals surface area (Å²) in [6.45, 7) is 4.07. The molecule has 2 aromatic rings. The van der Waals surface area contributed by atoms with Gasteiger partial charge in [0.15, 0.2) is 5.17 Å². The fraction of sp³-hybridized carbons (Fsp3) is 0.125. The predicted molar refractivity (Wildman–Crippen MR) is 94.4 cm³/mol. The number of nitrogens with zero attached hydrogens (tertiary/aromatic N) is 1. The molecule has 1 saturated heterocycles. The summed E-state index contributed by atoms with van der Waals surface area (Å²) >= 11 is 4.60. The van der Waals surface area contributed by atoms with E-state index in [1.54, 1.807) is 0 Å². The van der Waals surface area contributed by atoms with Crippen LogP contribution in [0.1, 0.15) is 17.0 Å². The molecule has 1 aliphatic rings. The summed E-state index contributed by atoms with van der Waals surface area (Å²) in [4.78, 5) is 12.3. The zero-order chi connectivity index (χ0) is 15.9. The topological polar surface area (TPSA) is 57.9 Å². The van der Waals surface area contributed by atoms with Crippen molar-refractivity contribution in [3.8, 4) is 5.69 Å². The van der Waals surface area contributed by atoms with Crippen molar-refractivity contribution in [1.29, 1.82) is 5.41 Å². The first-order chi connectivity index (χ1) is 10.5. The Labute approximate surface area is 141 Å². The van der Waals surface area contributed by atoms with Crippen LogP contribution in [0.4, 0.5) is 0 Å². The van der Waals surface area contributed by atoms with Crippen molar-refractivity contribution >= 4 is 44.8 Å². The minimum atomic E-state index is -0.205. The van der Waals surface area contributed by atoms with E-state index in [-0.39, 0.29) is 11.1 Å². The average Bonchev–Trinajstić information content (AvgIpc) is 2.92. The number of thioether (sulfide) groups is 1. The SMILES string of the molecule is Cc1cc(/C=C2/SC(=N)NC2=O)c(C)n1-c1ccc(Br)cc1. The third-order valence-corrected chi connectivity index (χ3v) is 4.86. The Morgan fingerprint density at radius 2 is 1.95 bits per heavy atom. The molecular formula is C16H14BrN3OS. The van der Waals surface area contributed by atoms with Gasteiger partial charge in [0.1, 0.15) is 0 Å². The second-order valence-corrected chi connectivity index (χ2v) is 7.00. The number of carbonyl (C=O) groups excluding carboxylic acids is 1. The summed E-state index contributed by atoms with van der Waals surface area (Å²) < 4.78 is 3.19. The predicted octanol–water partition coefficient (Wildman–Crippen LogP) is 4.00.